The average molecular weight is 406 g/mol. The van der Waals surface area contributed by atoms with E-state index >= 15 is 0 Å². The maximum Gasteiger partial charge on any atom is 0.266 e. The molecule has 1 aromatic carbocycles. The molecule has 2 unspecified atom stereocenters. The molecular weight excluding hydrogens is 378 g/mol. The SMILES string of the molecule is CCN(CC)C(=O)C1CCCN(C(=O)C2CC(Cc3ccccc3Cl)=NO2)C1. The Morgan fingerprint density at radius 3 is 2.75 bits per heavy atom. The number of nitrogens with zero attached hydrogens (tertiary/aromatic N) is 3. The summed E-state index contributed by atoms with van der Waals surface area (Å²) >= 11 is 6.21. The van der Waals surface area contributed by atoms with Crippen LogP contribution in [0.3, 0.4) is 0 Å². The minimum atomic E-state index is -0.597. The van der Waals surface area contributed by atoms with Crippen LogP contribution in [-0.4, -0.2) is 59.6 Å². The molecule has 1 fully saturated rings. The number of oxime groups is 1. The number of amides is 2. The van der Waals surface area contributed by atoms with Crippen LogP contribution in [0.4, 0.5) is 0 Å². The molecule has 2 amide bonds. The highest BCUT2D eigenvalue weighted by Gasteiger charge is 2.36. The fourth-order valence-electron chi connectivity index (χ4n) is 3.90. The van der Waals surface area contributed by atoms with Crippen LogP contribution < -0.4 is 0 Å². The van der Waals surface area contributed by atoms with Gasteiger partial charge >= 0.3 is 0 Å². The maximum atomic E-state index is 12.9. The predicted molar refractivity (Wildman–Crippen MR) is 109 cm³/mol. The van der Waals surface area contributed by atoms with Crippen molar-refractivity contribution < 1.29 is 14.4 Å². The van der Waals surface area contributed by atoms with Gasteiger partial charge in [-0.05, 0) is 38.3 Å². The molecule has 2 aliphatic rings. The Bertz CT molecular complexity index is 748. The first-order chi connectivity index (χ1) is 13.5. The first-order valence-electron chi connectivity index (χ1n) is 10.1. The second-order valence-corrected chi connectivity index (χ2v) is 7.77. The summed E-state index contributed by atoms with van der Waals surface area (Å²) in [5, 5.41) is 4.80. The first-order valence-corrected chi connectivity index (χ1v) is 10.4. The minimum absolute atomic E-state index is 0.0741. The van der Waals surface area contributed by atoms with Crippen molar-refractivity contribution in [3.05, 3.63) is 34.9 Å². The van der Waals surface area contributed by atoms with Crippen molar-refractivity contribution in [2.45, 2.75) is 45.6 Å². The second-order valence-electron chi connectivity index (χ2n) is 7.36. The fraction of sp³-hybridized carbons (Fsp3) is 0.571. The van der Waals surface area contributed by atoms with Crippen molar-refractivity contribution in [3.8, 4) is 0 Å². The van der Waals surface area contributed by atoms with E-state index in [0.29, 0.717) is 44.0 Å². The lowest BCUT2D eigenvalue weighted by atomic mass is 9.95. The van der Waals surface area contributed by atoms with Gasteiger partial charge in [0.2, 0.25) is 12.0 Å². The Labute approximate surface area is 171 Å². The normalized spacial score (nSPS) is 21.8. The van der Waals surface area contributed by atoms with Gasteiger partial charge in [0.05, 0.1) is 11.6 Å². The summed E-state index contributed by atoms with van der Waals surface area (Å²) in [6, 6.07) is 7.61. The van der Waals surface area contributed by atoms with Crippen molar-refractivity contribution in [1.82, 2.24) is 9.80 Å². The van der Waals surface area contributed by atoms with Crippen LogP contribution in [0.5, 0.6) is 0 Å². The molecule has 0 N–H and O–H groups in total. The number of hydrogen-bond acceptors (Lipinski definition) is 4. The van der Waals surface area contributed by atoms with E-state index in [1.54, 1.807) is 4.90 Å². The fourth-order valence-corrected chi connectivity index (χ4v) is 4.10. The molecule has 0 radical (unpaired) electrons. The van der Waals surface area contributed by atoms with E-state index in [2.05, 4.69) is 5.16 Å². The third-order valence-electron chi connectivity index (χ3n) is 5.52. The third kappa shape index (κ3) is 4.66. The van der Waals surface area contributed by atoms with Crippen LogP contribution in [-0.2, 0) is 20.8 Å². The topological polar surface area (TPSA) is 62.2 Å². The highest BCUT2D eigenvalue weighted by atomic mass is 35.5. The highest BCUT2D eigenvalue weighted by Crippen LogP contribution is 2.24. The molecule has 2 heterocycles. The van der Waals surface area contributed by atoms with Crippen molar-refractivity contribution in [2.24, 2.45) is 11.1 Å². The van der Waals surface area contributed by atoms with Crippen molar-refractivity contribution in [1.29, 1.82) is 0 Å². The van der Waals surface area contributed by atoms with Crippen LogP contribution in [0.2, 0.25) is 5.02 Å². The quantitative estimate of drug-likeness (QED) is 0.730. The molecule has 2 atom stereocenters. The minimum Gasteiger partial charge on any atom is -0.382 e. The zero-order valence-corrected chi connectivity index (χ0v) is 17.3. The Kier molecular flexibility index (Phi) is 6.94. The van der Waals surface area contributed by atoms with Gasteiger partial charge in [-0.2, -0.15) is 0 Å². The standard InChI is InChI=1S/C21H28ClN3O3/c1-3-24(4-2)20(26)16-9-7-11-25(14-16)21(27)19-13-17(23-28-19)12-15-8-5-6-10-18(15)22/h5-6,8,10,16,19H,3-4,7,9,11-14H2,1-2H3. The van der Waals surface area contributed by atoms with Crippen molar-refractivity contribution >= 4 is 29.1 Å². The largest absolute Gasteiger partial charge is 0.382 e. The monoisotopic (exact) mass is 405 g/mol. The smallest absolute Gasteiger partial charge is 0.266 e. The van der Waals surface area contributed by atoms with E-state index in [-0.39, 0.29) is 17.7 Å². The second kappa shape index (κ2) is 9.41. The zero-order chi connectivity index (χ0) is 20.1. The van der Waals surface area contributed by atoms with Gasteiger partial charge in [-0.25, -0.2) is 0 Å². The lowest BCUT2D eigenvalue weighted by molar-refractivity contribution is -0.147. The van der Waals surface area contributed by atoms with Gasteiger partial charge in [0.25, 0.3) is 5.91 Å². The van der Waals surface area contributed by atoms with Gasteiger partial charge in [-0.1, -0.05) is 35.0 Å². The Hall–Kier alpha value is -2.08. The number of likely N-dealkylation sites (tertiary alicyclic amines) is 1. The lowest BCUT2D eigenvalue weighted by Crippen LogP contribution is -2.49. The molecule has 0 aliphatic carbocycles. The molecular formula is C21H28ClN3O3. The number of halogens is 1. The summed E-state index contributed by atoms with van der Waals surface area (Å²) in [6.45, 7) is 6.50. The van der Waals surface area contributed by atoms with Crippen molar-refractivity contribution in [2.75, 3.05) is 26.2 Å². The van der Waals surface area contributed by atoms with Crippen LogP contribution in [0.1, 0.15) is 38.7 Å². The summed E-state index contributed by atoms with van der Waals surface area (Å²) in [5.74, 6) is -0.0528. The number of rotatable bonds is 6. The predicted octanol–water partition coefficient (Wildman–Crippen LogP) is 3.13. The van der Waals surface area contributed by atoms with Gasteiger partial charge in [0, 0.05) is 44.0 Å². The molecule has 3 rings (SSSR count). The number of benzene rings is 1. The molecule has 0 saturated carbocycles. The molecule has 0 spiro atoms. The molecule has 1 saturated heterocycles. The van der Waals surface area contributed by atoms with E-state index in [1.807, 2.05) is 43.0 Å². The average Bonchev–Trinajstić information content (AvgIpc) is 3.18. The van der Waals surface area contributed by atoms with Gasteiger partial charge in [-0.15, -0.1) is 0 Å². The van der Waals surface area contributed by atoms with E-state index in [1.165, 1.54) is 0 Å². The Morgan fingerprint density at radius 1 is 1.29 bits per heavy atom. The van der Waals surface area contributed by atoms with E-state index in [0.717, 1.165) is 24.1 Å². The van der Waals surface area contributed by atoms with Crippen molar-refractivity contribution in [3.63, 3.8) is 0 Å². The highest BCUT2D eigenvalue weighted by molar-refractivity contribution is 6.31. The van der Waals surface area contributed by atoms with Gasteiger partial charge in [0.1, 0.15) is 0 Å². The molecule has 0 bridgehead atoms. The van der Waals surface area contributed by atoms with Crippen LogP contribution in [0, 0.1) is 5.92 Å². The van der Waals surface area contributed by atoms with Gasteiger partial charge in [-0.3, -0.25) is 9.59 Å². The molecule has 28 heavy (non-hydrogen) atoms. The molecule has 7 heteroatoms. The molecule has 2 aliphatic heterocycles. The Balaban J connectivity index is 1.56. The lowest BCUT2D eigenvalue weighted by Gasteiger charge is -2.35. The Morgan fingerprint density at radius 2 is 2.04 bits per heavy atom. The molecule has 6 nitrogen and oxygen atoms in total. The molecule has 1 aromatic rings. The number of piperidine rings is 1. The molecule has 0 aromatic heterocycles. The van der Waals surface area contributed by atoms with Gasteiger partial charge < -0.3 is 14.6 Å². The number of hydrogen-bond donors (Lipinski definition) is 0. The molecule has 152 valence electrons. The van der Waals surface area contributed by atoms with Crippen LogP contribution in [0.15, 0.2) is 29.4 Å². The number of carbonyl (C=O) groups excluding carboxylic acids is 2. The maximum absolute atomic E-state index is 12.9. The van der Waals surface area contributed by atoms with E-state index in [9.17, 15) is 9.59 Å². The van der Waals surface area contributed by atoms with E-state index in [4.69, 9.17) is 16.4 Å². The van der Waals surface area contributed by atoms with E-state index < -0.39 is 6.10 Å². The summed E-state index contributed by atoms with van der Waals surface area (Å²) in [6.07, 6.45) is 2.11. The summed E-state index contributed by atoms with van der Waals surface area (Å²) in [7, 11) is 0. The first kappa shape index (κ1) is 20.6. The van der Waals surface area contributed by atoms with Gasteiger partial charge in [0.15, 0.2) is 0 Å². The zero-order valence-electron chi connectivity index (χ0n) is 16.6. The number of carbonyl (C=O) groups is 2. The summed E-state index contributed by atoms with van der Waals surface area (Å²) in [5.41, 5.74) is 1.79. The summed E-state index contributed by atoms with van der Waals surface area (Å²) < 4.78 is 0. The van der Waals surface area contributed by atoms with Crippen LogP contribution in [0.25, 0.3) is 0 Å². The summed E-state index contributed by atoms with van der Waals surface area (Å²) in [4.78, 5) is 34.6. The van der Waals surface area contributed by atoms with Crippen LogP contribution >= 0.6 is 11.6 Å². The third-order valence-corrected chi connectivity index (χ3v) is 5.88.